The highest BCUT2D eigenvalue weighted by molar-refractivity contribution is 5.84. The smallest absolute Gasteiger partial charge is 0.302 e. The van der Waals surface area contributed by atoms with Crippen molar-refractivity contribution in [3.05, 3.63) is 30.0 Å². The maximum atomic E-state index is 11.0. The number of ether oxygens (including phenoxy) is 1. The zero-order valence-corrected chi connectivity index (χ0v) is 12.8. The Morgan fingerprint density at radius 2 is 2.36 bits per heavy atom. The fourth-order valence-corrected chi connectivity index (χ4v) is 3.23. The zero-order chi connectivity index (χ0) is 15.5. The second-order valence-electron chi connectivity index (χ2n) is 5.93. The maximum absolute atomic E-state index is 11.0. The van der Waals surface area contributed by atoms with E-state index in [1.165, 1.54) is 12.5 Å². The lowest BCUT2D eigenvalue weighted by molar-refractivity contribution is -0.142. The number of nitrogens with one attached hydrogen (secondary N) is 1. The van der Waals surface area contributed by atoms with Crippen molar-refractivity contribution < 1.29 is 14.6 Å². The van der Waals surface area contributed by atoms with Gasteiger partial charge in [0.1, 0.15) is 12.4 Å². The van der Waals surface area contributed by atoms with Gasteiger partial charge in [0.25, 0.3) is 0 Å². The predicted octanol–water partition coefficient (Wildman–Crippen LogP) is 2.44. The molecule has 1 aliphatic rings. The van der Waals surface area contributed by atoms with Crippen molar-refractivity contribution in [2.45, 2.75) is 32.2 Å². The summed E-state index contributed by atoms with van der Waals surface area (Å²) in [6.45, 7) is 3.94. The van der Waals surface area contributed by atoms with Crippen LogP contribution < -0.4 is 0 Å². The summed E-state index contributed by atoms with van der Waals surface area (Å²) >= 11 is 0. The van der Waals surface area contributed by atoms with Gasteiger partial charge in [0.15, 0.2) is 0 Å². The van der Waals surface area contributed by atoms with Crippen molar-refractivity contribution in [1.82, 2.24) is 9.88 Å². The van der Waals surface area contributed by atoms with Gasteiger partial charge in [-0.2, -0.15) is 0 Å². The highest BCUT2D eigenvalue weighted by Crippen LogP contribution is 2.24. The molecule has 0 spiro atoms. The van der Waals surface area contributed by atoms with Crippen LogP contribution in [0.15, 0.2) is 24.4 Å². The minimum absolute atomic E-state index is 0.209. The Bertz CT molecular complexity index is 665. The average molecular weight is 302 g/mol. The van der Waals surface area contributed by atoms with E-state index in [9.17, 15) is 9.90 Å². The molecule has 0 saturated carbocycles. The number of esters is 1. The van der Waals surface area contributed by atoms with Crippen LogP contribution in [-0.4, -0.2) is 46.7 Å². The topological polar surface area (TPSA) is 65.6 Å². The average Bonchev–Trinajstić information content (AvgIpc) is 3.09. The first-order valence-electron chi connectivity index (χ1n) is 7.80. The Hall–Kier alpha value is -2.01. The number of benzene rings is 1. The zero-order valence-electron chi connectivity index (χ0n) is 12.8. The molecular weight excluding hydrogens is 280 g/mol. The highest BCUT2D eigenvalue weighted by Gasteiger charge is 2.25. The number of nitrogens with zero attached hydrogens (tertiary/aromatic N) is 1. The van der Waals surface area contributed by atoms with E-state index in [0.29, 0.717) is 18.4 Å². The van der Waals surface area contributed by atoms with E-state index in [2.05, 4.69) is 9.88 Å². The number of hydrogen-bond donors (Lipinski definition) is 2. The molecule has 2 aromatic rings. The monoisotopic (exact) mass is 302 g/mol. The number of aromatic nitrogens is 1. The molecule has 118 valence electrons. The first kappa shape index (κ1) is 14.9. The van der Waals surface area contributed by atoms with Gasteiger partial charge >= 0.3 is 5.97 Å². The number of rotatable bonds is 5. The van der Waals surface area contributed by atoms with E-state index in [1.54, 1.807) is 6.07 Å². The van der Waals surface area contributed by atoms with E-state index < -0.39 is 0 Å². The molecule has 3 rings (SSSR count). The van der Waals surface area contributed by atoms with Crippen LogP contribution in [0.3, 0.4) is 0 Å². The molecule has 2 heterocycles. The van der Waals surface area contributed by atoms with Crippen molar-refractivity contribution in [1.29, 1.82) is 0 Å². The van der Waals surface area contributed by atoms with Crippen LogP contribution in [0.2, 0.25) is 0 Å². The van der Waals surface area contributed by atoms with Crippen LogP contribution in [0.1, 0.15) is 25.3 Å². The maximum Gasteiger partial charge on any atom is 0.302 e. The summed E-state index contributed by atoms with van der Waals surface area (Å²) in [5, 5.41) is 10.7. The number of carbonyl (C=O) groups is 1. The molecule has 2 N–H and O–H groups in total. The first-order valence-corrected chi connectivity index (χ1v) is 7.80. The fraction of sp³-hybridized carbons (Fsp3) is 0.471. The van der Waals surface area contributed by atoms with Gasteiger partial charge in [0, 0.05) is 36.6 Å². The number of carbonyl (C=O) groups excluding carboxylic acids is 1. The van der Waals surface area contributed by atoms with Gasteiger partial charge < -0.3 is 14.8 Å². The van der Waals surface area contributed by atoms with Gasteiger partial charge in [0.05, 0.1) is 0 Å². The molecule has 0 unspecified atom stereocenters. The number of H-pyrrole nitrogens is 1. The molecule has 1 fully saturated rings. The largest absolute Gasteiger partial charge is 0.508 e. The molecular formula is C17H22N2O3. The minimum atomic E-state index is -0.209. The number of hydrogen-bond acceptors (Lipinski definition) is 4. The molecule has 1 aromatic carbocycles. The summed E-state index contributed by atoms with van der Waals surface area (Å²) in [6, 6.07) is 5.73. The van der Waals surface area contributed by atoms with Gasteiger partial charge in [-0.25, -0.2) is 0 Å². The molecule has 5 heteroatoms. The van der Waals surface area contributed by atoms with Gasteiger partial charge in [-0.05, 0) is 49.6 Å². The molecule has 0 amide bonds. The van der Waals surface area contributed by atoms with Crippen LogP contribution in [0.25, 0.3) is 10.9 Å². The second-order valence-corrected chi connectivity index (χ2v) is 5.93. The normalized spacial score (nSPS) is 18.9. The van der Waals surface area contributed by atoms with E-state index in [1.807, 2.05) is 18.3 Å². The molecule has 1 atom stereocenters. The summed E-state index contributed by atoms with van der Waals surface area (Å²) in [4.78, 5) is 16.6. The molecule has 0 bridgehead atoms. The molecule has 5 nitrogen and oxygen atoms in total. The molecule has 22 heavy (non-hydrogen) atoms. The van der Waals surface area contributed by atoms with Crippen molar-refractivity contribution in [2.24, 2.45) is 0 Å². The molecule has 0 aliphatic carbocycles. The van der Waals surface area contributed by atoms with Gasteiger partial charge in [-0.3, -0.25) is 9.69 Å². The van der Waals surface area contributed by atoms with Gasteiger partial charge in [0.2, 0.25) is 0 Å². The summed E-state index contributed by atoms with van der Waals surface area (Å²) in [6.07, 6.45) is 5.17. The third-order valence-electron chi connectivity index (χ3n) is 4.40. The Morgan fingerprint density at radius 3 is 3.18 bits per heavy atom. The number of phenols is 1. The number of likely N-dealkylation sites (tertiary alicyclic amines) is 1. The standard InChI is InChI=1S/C17H22N2O3/c1-12(20)22-11-14-3-2-7-19(14)8-6-13-10-18-17-5-4-15(21)9-16(13)17/h4-5,9-10,14,18,21H,2-3,6-8,11H2,1H3/t14-/m0/s1. The van der Waals surface area contributed by atoms with E-state index >= 15 is 0 Å². The van der Waals surface area contributed by atoms with E-state index in [-0.39, 0.29) is 5.97 Å². The van der Waals surface area contributed by atoms with Crippen LogP contribution in [0.5, 0.6) is 5.75 Å². The van der Waals surface area contributed by atoms with E-state index in [4.69, 9.17) is 4.74 Å². The number of phenolic OH excluding ortho intramolecular Hbond substituents is 1. The van der Waals surface area contributed by atoms with Gasteiger partial charge in [-0.15, -0.1) is 0 Å². The number of aromatic amines is 1. The van der Waals surface area contributed by atoms with Gasteiger partial charge in [-0.1, -0.05) is 0 Å². The Kier molecular flexibility index (Phi) is 4.34. The highest BCUT2D eigenvalue weighted by atomic mass is 16.5. The molecule has 0 radical (unpaired) electrons. The lowest BCUT2D eigenvalue weighted by Gasteiger charge is -2.23. The Balaban J connectivity index is 1.63. The third-order valence-corrected chi connectivity index (χ3v) is 4.40. The lowest BCUT2D eigenvalue weighted by atomic mass is 10.1. The third kappa shape index (κ3) is 3.25. The number of aromatic hydroxyl groups is 1. The number of fused-ring (bicyclic) bond motifs is 1. The van der Waals surface area contributed by atoms with Crippen LogP contribution in [0.4, 0.5) is 0 Å². The SMILES string of the molecule is CC(=O)OC[C@@H]1CCCN1CCc1c[nH]c2ccc(O)cc12. The quantitative estimate of drug-likeness (QED) is 0.833. The summed E-state index contributed by atoms with van der Waals surface area (Å²) in [5.74, 6) is 0.0845. The Labute approximate surface area is 129 Å². The van der Waals surface area contributed by atoms with Crippen LogP contribution in [0, 0.1) is 0 Å². The lowest BCUT2D eigenvalue weighted by Crippen LogP contribution is -2.35. The first-order chi connectivity index (χ1) is 10.6. The summed E-state index contributed by atoms with van der Waals surface area (Å²) in [5.41, 5.74) is 2.26. The summed E-state index contributed by atoms with van der Waals surface area (Å²) in [7, 11) is 0. The molecule has 1 aliphatic heterocycles. The molecule has 1 aromatic heterocycles. The van der Waals surface area contributed by atoms with Crippen molar-refractivity contribution in [3.63, 3.8) is 0 Å². The fourth-order valence-electron chi connectivity index (χ4n) is 3.23. The predicted molar refractivity (Wildman–Crippen MR) is 84.9 cm³/mol. The Morgan fingerprint density at radius 1 is 1.50 bits per heavy atom. The van der Waals surface area contributed by atoms with Crippen LogP contribution >= 0.6 is 0 Å². The van der Waals surface area contributed by atoms with Crippen molar-refractivity contribution >= 4 is 16.9 Å². The second kappa shape index (κ2) is 6.40. The van der Waals surface area contributed by atoms with Crippen molar-refractivity contribution in [3.8, 4) is 5.75 Å². The minimum Gasteiger partial charge on any atom is -0.508 e. The summed E-state index contributed by atoms with van der Waals surface area (Å²) < 4.78 is 5.16. The van der Waals surface area contributed by atoms with Crippen LogP contribution in [-0.2, 0) is 16.0 Å². The molecule has 1 saturated heterocycles. The van der Waals surface area contributed by atoms with Crippen molar-refractivity contribution in [2.75, 3.05) is 19.7 Å². The van der Waals surface area contributed by atoms with E-state index in [0.717, 1.165) is 43.3 Å².